The molecule has 2 aromatic carbocycles. The molecular weight excluding hydrogens is 339 g/mol. The Labute approximate surface area is 140 Å². The third kappa shape index (κ3) is 3.16. The molecule has 0 radical (unpaired) electrons. The average Bonchev–Trinajstić information content (AvgIpc) is 2.90. The summed E-state index contributed by atoms with van der Waals surface area (Å²) in [6.45, 7) is 0. The number of hydrogen-bond donors (Lipinski definition) is 0. The van der Waals surface area contributed by atoms with Gasteiger partial charge in [-0.3, -0.25) is 10.1 Å². The molecule has 0 spiro atoms. The highest BCUT2D eigenvalue weighted by atomic mass is 35.5. The highest BCUT2D eigenvalue weighted by molar-refractivity contribution is 6.32. The number of ether oxygens (including phenoxy) is 1. The number of nitro benzene ring substituents is 1. The van der Waals surface area contributed by atoms with E-state index in [1.807, 2.05) is 0 Å². The van der Waals surface area contributed by atoms with Gasteiger partial charge in [0.25, 0.3) is 5.69 Å². The summed E-state index contributed by atoms with van der Waals surface area (Å²) in [6, 6.07) is 9.52. The Kier molecular flexibility index (Phi) is 4.09. The first-order valence-corrected chi connectivity index (χ1v) is 7.04. The second-order valence-corrected chi connectivity index (χ2v) is 5.22. The van der Waals surface area contributed by atoms with Crippen molar-refractivity contribution in [1.29, 1.82) is 0 Å². The van der Waals surface area contributed by atoms with Crippen molar-refractivity contribution in [3.05, 3.63) is 80.2 Å². The molecule has 2 aromatic rings. The molecule has 0 atom stereocenters. The van der Waals surface area contributed by atoms with Crippen LogP contribution >= 0.6 is 11.6 Å². The first-order valence-electron chi connectivity index (χ1n) is 6.66. The van der Waals surface area contributed by atoms with Crippen LogP contribution in [0, 0.1) is 15.9 Å². The van der Waals surface area contributed by atoms with Crippen molar-refractivity contribution >= 4 is 35.2 Å². The number of nitrogens with zero attached hydrogens (tertiary/aromatic N) is 2. The molecule has 0 saturated carbocycles. The molecule has 8 heteroatoms. The molecule has 0 amide bonds. The molecule has 120 valence electrons. The van der Waals surface area contributed by atoms with Crippen molar-refractivity contribution in [2.24, 2.45) is 4.99 Å². The predicted molar refractivity (Wildman–Crippen MR) is 85.1 cm³/mol. The lowest BCUT2D eigenvalue weighted by atomic mass is 10.1. The maximum Gasteiger partial charge on any atom is 0.363 e. The van der Waals surface area contributed by atoms with Gasteiger partial charge >= 0.3 is 5.97 Å². The van der Waals surface area contributed by atoms with E-state index in [-0.39, 0.29) is 22.3 Å². The summed E-state index contributed by atoms with van der Waals surface area (Å²) in [5.41, 5.74) is 0.341. The van der Waals surface area contributed by atoms with E-state index >= 15 is 0 Å². The van der Waals surface area contributed by atoms with Gasteiger partial charge in [0.2, 0.25) is 5.90 Å². The van der Waals surface area contributed by atoms with Gasteiger partial charge in [0, 0.05) is 11.6 Å². The fourth-order valence-electron chi connectivity index (χ4n) is 2.07. The minimum Gasteiger partial charge on any atom is -0.402 e. The minimum absolute atomic E-state index is 0.0138. The van der Waals surface area contributed by atoms with E-state index < -0.39 is 16.7 Å². The van der Waals surface area contributed by atoms with Crippen LogP contribution in [0.25, 0.3) is 6.08 Å². The highest BCUT2D eigenvalue weighted by Gasteiger charge is 2.24. The predicted octanol–water partition coefficient (Wildman–Crippen LogP) is 3.73. The average molecular weight is 347 g/mol. The number of benzene rings is 2. The molecular formula is C16H8ClFN2O4. The summed E-state index contributed by atoms with van der Waals surface area (Å²) in [5, 5.41) is 10.9. The second kappa shape index (κ2) is 6.21. The zero-order chi connectivity index (χ0) is 17.3. The summed E-state index contributed by atoms with van der Waals surface area (Å²) >= 11 is 5.74. The molecule has 0 bridgehead atoms. The molecule has 3 rings (SSSR count). The summed E-state index contributed by atoms with van der Waals surface area (Å²) in [4.78, 5) is 26.1. The Morgan fingerprint density at radius 3 is 2.75 bits per heavy atom. The topological polar surface area (TPSA) is 81.8 Å². The molecule has 1 aliphatic rings. The fraction of sp³-hybridized carbons (Fsp3) is 0. The first kappa shape index (κ1) is 15.8. The van der Waals surface area contributed by atoms with E-state index in [9.17, 15) is 19.3 Å². The van der Waals surface area contributed by atoms with Crippen molar-refractivity contribution in [2.45, 2.75) is 0 Å². The van der Waals surface area contributed by atoms with Crippen LogP contribution in [0.5, 0.6) is 0 Å². The molecule has 1 aliphatic heterocycles. The summed E-state index contributed by atoms with van der Waals surface area (Å²) in [7, 11) is 0. The van der Waals surface area contributed by atoms with Crippen molar-refractivity contribution < 1.29 is 18.8 Å². The smallest absolute Gasteiger partial charge is 0.363 e. The lowest BCUT2D eigenvalue weighted by Gasteiger charge is -1.98. The van der Waals surface area contributed by atoms with Gasteiger partial charge in [0.15, 0.2) is 5.70 Å². The number of rotatable bonds is 3. The van der Waals surface area contributed by atoms with Crippen LogP contribution in [0.4, 0.5) is 10.1 Å². The van der Waals surface area contributed by atoms with Crippen LogP contribution in [0.3, 0.4) is 0 Å². The standard InChI is InChI=1S/C16H8ClFN2O4/c17-12-5-4-9(7-14(12)20(22)23)6-13-16(21)24-15(19-13)10-2-1-3-11(18)8-10/h1-8H/b13-6-. The molecule has 0 N–H and O–H groups in total. The first-order chi connectivity index (χ1) is 11.4. The largest absolute Gasteiger partial charge is 0.402 e. The third-order valence-electron chi connectivity index (χ3n) is 3.16. The zero-order valence-corrected chi connectivity index (χ0v) is 12.7. The van der Waals surface area contributed by atoms with Gasteiger partial charge in [-0.05, 0) is 35.9 Å². The highest BCUT2D eigenvalue weighted by Crippen LogP contribution is 2.27. The molecule has 0 saturated heterocycles. The second-order valence-electron chi connectivity index (χ2n) is 4.81. The van der Waals surface area contributed by atoms with E-state index in [0.29, 0.717) is 11.1 Å². The van der Waals surface area contributed by atoms with Gasteiger partial charge in [0.05, 0.1) is 4.92 Å². The number of hydrogen-bond acceptors (Lipinski definition) is 5. The van der Waals surface area contributed by atoms with E-state index in [1.54, 1.807) is 6.07 Å². The number of cyclic esters (lactones) is 1. The summed E-state index contributed by atoms with van der Waals surface area (Å²) < 4.78 is 18.2. The number of carbonyl (C=O) groups is 1. The Hall–Kier alpha value is -3.06. The third-order valence-corrected chi connectivity index (χ3v) is 3.48. The van der Waals surface area contributed by atoms with Gasteiger partial charge in [-0.15, -0.1) is 0 Å². The number of halogens is 2. The fourth-order valence-corrected chi connectivity index (χ4v) is 2.26. The van der Waals surface area contributed by atoms with Gasteiger partial charge in [-0.2, -0.15) is 0 Å². The molecule has 0 aromatic heterocycles. The zero-order valence-electron chi connectivity index (χ0n) is 11.9. The monoisotopic (exact) mass is 346 g/mol. The SMILES string of the molecule is O=C1OC(c2cccc(F)c2)=N/C1=C\c1ccc(Cl)c([N+](=O)[O-])c1. The lowest BCUT2D eigenvalue weighted by Crippen LogP contribution is -2.05. The van der Waals surface area contributed by atoms with Gasteiger partial charge in [0.1, 0.15) is 10.8 Å². The van der Waals surface area contributed by atoms with E-state index in [1.165, 1.54) is 42.5 Å². The van der Waals surface area contributed by atoms with Crippen molar-refractivity contribution in [3.63, 3.8) is 0 Å². The van der Waals surface area contributed by atoms with E-state index in [4.69, 9.17) is 16.3 Å². The Morgan fingerprint density at radius 2 is 2.04 bits per heavy atom. The molecule has 24 heavy (non-hydrogen) atoms. The molecule has 1 heterocycles. The van der Waals surface area contributed by atoms with Crippen LogP contribution < -0.4 is 0 Å². The van der Waals surface area contributed by atoms with E-state index in [0.717, 1.165) is 0 Å². The van der Waals surface area contributed by atoms with Gasteiger partial charge in [-0.25, -0.2) is 14.2 Å². The van der Waals surface area contributed by atoms with Crippen molar-refractivity contribution in [3.8, 4) is 0 Å². The van der Waals surface area contributed by atoms with Crippen LogP contribution in [0.2, 0.25) is 5.02 Å². The Morgan fingerprint density at radius 1 is 1.25 bits per heavy atom. The molecule has 6 nitrogen and oxygen atoms in total. The Balaban J connectivity index is 1.97. The lowest BCUT2D eigenvalue weighted by molar-refractivity contribution is -0.384. The Bertz CT molecular complexity index is 924. The number of esters is 1. The van der Waals surface area contributed by atoms with Gasteiger partial charge < -0.3 is 4.74 Å². The quantitative estimate of drug-likeness (QED) is 0.367. The number of nitro groups is 1. The normalized spacial score (nSPS) is 15.3. The van der Waals surface area contributed by atoms with Gasteiger partial charge in [-0.1, -0.05) is 23.7 Å². The maximum atomic E-state index is 13.2. The van der Waals surface area contributed by atoms with Crippen LogP contribution in [-0.2, 0) is 9.53 Å². The van der Waals surface area contributed by atoms with Crippen LogP contribution in [0.1, 0.15) is 11.1 Å². The number of aliphatic imine (C=N–C) groups is 1. The van der Waals surface area contributed by atoms with E-state index in [2.05, 4.69) is 4.99 Å². The minimum atomic E-state index is -0.730. The number of carbonyl (C=O) groups excluding carboxylic acids is 1. The maximum absolute atomic E-state index is 13.2. The molecule has 0 fully saturated rings. The van der Waals surface area contributed by atoms with Crippen LogP contribution in [0.15, 0.2) is 53.2 Å². The summed E-state index contributed by atoms with van der Waals surface area (Å²) in [6.07, 6.45) is 1.33. The van der Waals surface area contributed by atoms with Crippen molar-refractivity contribution in [2.75, 3.05) is 0 Å². The molecule has 0 aliphatic carbocycles. The van der Waals surface area contributed by atoms with Crippen LogP contribution in [-0.4, -0.2) is 16.8 Å². The molecule has 0 unspecified atom stereocenters. The van der Waals surface area contributed by atoms with Crippen molar-refractivity contribution in [1.82, 2.24) is 0 Å². The summed E-state index contributed by atoms with van der Waals surface area (Å²) in [5.74, 6) is -1.25.